The first kappa shape index (κ1) is 18.9. The molecule has 0 aliphatic heterocycles. The lowest BCUT2D eigenvalue weighted by Gasteiger charge is -2.15. The van der Waals surface area contributed by atoms with Crippen molar-refractivity contribution in [1.82, 2.24) is 10.6 Å². The molecular formula is C12H24N2O5S. The molecule has 2 amide bonds. The average Bonchev–Trinajstić information content (AvgIpc) is 2.37. The van der Waals surface area contributed by atoms with Crippen LogP contribution in [0.1, 0.15) is 26.2 Å². The van der Waals surface area contributed by atoms with Gasteiger partial charge in [0.1, 0.15) is 6.04 Å². The highest BCUT2D eigenvalue weighted by molar-refractivity contribution is 7.84. The van der Waals surface area contributed by atoms with Crippen LogP contribution < -0.4 is 10.6 Å². The summed E-state index contributed by atoms with van der Waals surface area (Å²) in [5, 5.41) is 13.9. The zero-order valence-corrected chi connectivity index (χ0v) is 13.0. The first-order chi connectivity index (χ1) is 9.38. The molecule has 3 unspecified atom stereocenters. The predicted octanol–water partition coefficient (Wildman–Crippen LogP) is 0.323. The number of hydrogen-bond donors (Lipinski definition) is 3. The number of ether oxygens (including phenoxy) is 1. The smallest absolute Gasteiger partial charge is 0.326 e. The molecule has 7 nitrogen and oxygen atoms in total. The number of methoxy groups -OCH3 is 1. The van der Waals surface area contributed by atoms with E-state index in [0.717, 1.165) is 0 Å². The predicted molar refractivity (Wildman–Crippen MR) is 77.2 cm³/mol. The van der Waals surface area contributed by atoms with Gasteiger partial charge in [0.2, 0.25) is 0 Å². The van der Waals surface area contributed by atoms with Gasteiger partial charge in [0.25, 0.3) is 0 Å². The second kappa shape index (κ2) is 10.6. The fourth-order valence-corrected chi connectivity index (χ4v) is 1.90. The number of nitrogens with one attached hydrogen (secondary N) is 2. The van der Waals surface area contributed by atoms with Gasteiger partial charge in [-0.2, -0.15) is 0 Å². The third-order valence-corrected chi connectivity index (χ3v) is 4.22. The Balaban J connectivity index is 4.01. The first-order valence-corrected chi connectivity index (χ1v) is 8.09. The van der Waals surface area contributed by atoms with Gasteiger partial charge in [0, 0.05) is 42.6 Å². The molecule has 3 atom stereocenters. The molecule has 8 heteroatoms. The van der Waals surface area contributed by atoms with E-state index in [1.807, 2.05) is 6.92 Å². The van der Waals surface area contributed by atoms with Gasteiger partial charge in [0.05, 0.1) is 0 Å². The van der Waals surface area contributed by atoms with Crippen molar-refractivity contribution in [3.8, 4) is 0 Å². The fourth-order valence-electron chi connectivity index (χ4n) is 1.45. The highest BCUT2D eigenvalue weighted by atomic mass is 32.2. The number of carboxylic acid groups (broad SMARTS) is 1. The SMILES string of the molecule is COCCCC(NC(=O)NCCC(C)S(C)=O)C(=O)O. The molecule has 0 fully saturated rings. The Labute approximate surface area is 121 Å². The van der Waals surface area contributed by atoms with Gasteiger partial charge in [-0.1, -0.05) is 6.92 Å². The maximum atomic E-state index is 11.5. The molecule has 0 rings (SSSR count). The fraction of sp³-hybridized carbons (Fsp3) is 0.833. The minimum atomic E-state index is -1.07. The number of hydrogen-bond acceptors (Lipinski definition) is 4. The molecule has 0 radical (unpaired) electrons. The van der Waals surface area contributed by atoms with Crippen LogP contribution in [0.5, 0.6) is 0 Å². The van der Waals surface area contributed by atoms with Crippen LogP contribution in [0.2, 0.25) is 0 Å². The van der Waals surface area contributed by atoms with E-state index in [1.54, 1.807) is 6.26 Å². The minimum Gasteiger partial charge on any atom is -0.480 e. The molecule has 0 bridgehead atoms. The molecule has 0 aliphatic carbocycles. The third-order valence-electron chi connectivity index (χ3n) is 2.85. The van der Waals surface area contributed by atoms with Gasteiger partial charge in [-0.25, -0.2) is 9.59 Å². The summed E-state index contributed by atoms with van der Waals surface area (Å²) in [5.41, 5.74) is 0. The number of carboxylic acids is 1. The number of amides is 2. The lowest BCUT2D eigenvalue weighted by molar-refractivity contribution is -0.139. The van der Waals surface area contributed by atoms with E-state index < -0.39 is 28.8 Å². The zero-order chi connectivity index (χ0) is 15.5. The van der Waals surface area contributed by atoms with Crippen molar-refractivity contribution in [2.45, 2.75) is 37.5 Å². The lowest BCUT2D eigenvalue weighted by Crippen LogP contribution is -2.46. The van der Waals surface area contributed by atoms with Crippen molar-refractivity contribution in [3.63, 3.8) is 0 Å². The van der Waals surface area contributed by atoms with Gasteiger partial charge < -0.3 is 20.5 Å². The standard InChI is InChI=1S/C12H24N2O5S/c1-9(20(3)18)6-7-13-12(17)14-10(11(15)16)5-4-8-19-2/h9-10H,4-8H2,1-3H3,(H,15,16)(H2,13,14,17). The maximum absolute atomic E-state index is 11.5. The summed E-state index contributed by atoms with van der Waals surface area (Å²) in [4.78, 5) is 22.5. The number of carbonyl (C=O) groups excluding carboxylic acids is 1. The lowest BCUT2D eigenvalue weighted by atomic mass is 10.1. The van der Waals surface area contributed by atoms with E-state index in [0.29, 0.717) is 32.4 Å². The maximum Gasteiger partial charge on any atom is 0.326 e. The van der Waals surface area contributed by atoms with E-state index in [1.165, 1.54) is 7.11 Å². The molecule has 0 aromatic rings. The van der Waals surface area contributed by atoms with Crippen LogP contribution >= 0.6 is 0 Å². The van der Waals surface area contributed by atoms with Gasteiger partial charge in [-0.3, -0.25) is 4.21 Å². The van der Waals surface area contributed by atoms with Crippen LogP contribution in [-0.4, -0.2) is 59.1 Å². The second-order valence-electron chi connectivity index (χ2n) is 4.52. The van der Waals surface area contributed by atoms with Crippen LogP contribution in [0, 0.1) is 0 Å². The van der Waals surface area contributed by atoms with Gasteiger partial charge >= 0.3 is 12.0 Å². The normalized spacial score (nSPS) is 15.2. The van der Waals surface area contributed by atoms with Crippen molar-refractivity contribution in [2.24, 2.45) is 0 Å². The van der Waals surface area contributed by atoms with Crippen LogP contribution in [0.25, 0.3) is 0 Å². The quantitative estimate of drug-likeness (QED) is 0.504. The van der Waals surface area contributed by atoms with Crippen molar-refractivity contribution in [2.75, 3.05) is 26.5 Å². The Bertz CT molecular complexity index is 338. The molecule has 3 N–H and O–H groups in total. The van der Waals surface area contributed by atoms with Gasteiger partial charge in [-0.05, 0) is 19.3 Å². The Morgan fingerprint density at radius 3 is 2.50 bits per heavy atom. The average molecular weight is 308 g/mol. The van der Waals surface area contributed by atoms with Crippen molar-refractivity contribution in [1.29, 1.82) is 0 Å². The van der Waals surface area contributed by atoms with Crippen LogP contribution in [0.4, 0.5) is 4.79 Å². The number of urea groups is 1. The van der Waals surface area contributed by atoms with E-state index in [2.05, 4.69) is 10.6 Å². The van der Waals surface area contributed by atoms with Crippen LogP contribution in [0.3, 0.4) is 0 Å². The summed E-state index contributed by atoms with van der Waals surface area (Å²) in [7, 11) is 0.608. The van der Waals surface area contributed by atoms with Crippen molar-refractivity contribution in [3.05, 3.63) is 0 Å². The molecule has 20 heavy (non-hydrogen) atoms. The monoisotopic (exact) mass is 308 g/mol. The molecule has 0 aromatic heterocycles. The summed E-state index contributed by atoms with van der Waals surface area (Å²) in [5.74, 6) is -1.07. The molecule has 118 valence electrons. The highest BCUT2D eigenvalue weighted by Gasteiger charge is 2.19. The molecule has 0 aromatic carbocycles. The molecule has 0 saturated heterocycles. The van der Waals surface area contributed by atoms with E-state index in [-0.39, 0.29) is 5.25 Å². The summed E-state index contributed by atoms with van der Waals surface area (Å²) in [6.45, 7) is 2.64. The van der Waals surface area contributed by atoms with E-state index in [9.17, 15) is 13.8 Å². The van der Waals surface area contributed by atoms with Crippen molar-refractivity contribution < 1.29 is 23.6 Å². The summed E-state index contributed by atoms with van der Waals surface area (Å²) in [6, 6.07) is -1.45. The van der Waals surface area contributed by atoms with Crippen molar-refractivity contribution >= 4 is 22.8 Å². The van der Waals surface area contributed by atoms with E-state index in [4.69, 9.17) is 9.84 Å². The largest absolute Gasteiger partial charge is 0.480 e. The molecule has 0 saturated carbocycles. The molecular weight excluding hydrogens is 284 g/mol. The topological polar surface area (TPSA) is 105 Å². The van der Waals surface area contributed by atoms with Gasteiger partial charge in [-0.15, -0.1) is 0 Å². The number of carbonyl (C=O) groups is 2. The van der Waals surface area contributed by atoms with E-state index >= 15 is 0 Å². The highest BCUT2D eigenvalue weighted by Crippen LogP contribution is 1.99. The third kappa shape index (κ3) is 8.87. The van der Waals surface area contributed by atoms with Gasteiger partial charge in [0.15, 0.2) is 0 Å². The summed E-state index contributed by atoms with van der Waals surface area (Å²) >= 11 is 0. The Kier molecular flexibility index (Phi) is 10.0. The summed E-state index contributed by atoms with van der Waals surface area (Å²) in [6.07, 6.45) is 3.06. The minimum absolute atomic E-state index is 0.00715. The molecule has 0 aliphatic rings. The van der Waals surface area contributed by atoms with Crippen LogP contribution in [-0.2, 0) is 20.3 Å². The Hall–Kier alpha value is -1.15. The Morgan fingerprint density at radius 1 is 1.35 bits per heavy atom. The summed E-state index contributed by atoms with van der Waals surface area (Å²) < 4.78 is 16.0. The Morgan fingerprint density at radius 2 is 2.00 bits per heavy atom. The first-order valence-electron chi connectivity index (χ1n) is 6.46. The zero-order valence-electron chi connectivity index (χ0n) is 12.2. The second-order valence-corrected chi connectivity index (χ2v) is 6.33. The number of aliphatic carboxylic acids is 1. The molecule has 0 spiro atoms. The molecule has 0 heterocycles. The van der Waals surface area contributed by atoms with Crippen LogP contribution in [0.15, 0.2) is 0 Å². The number of rotatable bonds is 10.